The predicted molar refractivity (Wildman–Crippen MR) is 107 cm³/mol. The zero-order valence-corrected chi connectivity index (χ0v) is 16.5. The minimum absolute atomic E-state index is 0.214. The maximum atomic E-state index is 12.6. The molecular formula is C19H13Cl3N4O2. The maximum Gasteiger partial charge on any atom is 0.287 e. The second kappa shape index (κ2) is 7.47. The number of aromatic nitrogens is 2. The largest absolute Gasteiger partial charge is 0.287 e. The van der Waals surface area contributed by atoms with Gasteiger partial charge >= 0.3 is 0 Å². The Kier molecular flexibility index (Phi) is 5.02. The van der Waals surface area contributed by atoms with Gasteiger partial charge in [-0.25, -0.2) is 5.01 Å². The summed E-state index contributed by atoms with van der Waals surface area (Å²) in [5.41, 5.74) is 4.96. The quantitative estimate of drug-likeness (QED) is 0.476. The summed E-state index contributed by atoms with van der Waals surface area (Å²) in [6, 6.07) is 15.1. The number of hydrogen-bond donors (Lipinski definition) is 2. The molecular weight excluding hydrogens is 423 g/mol. The van der Waals surface area contributed by atoms with E-state index in [-0.39, 0.29) is 11.6 Å². The van der Waals surface area contributed by atoms with E-state index in [0.29, 0.717) is 15.7 Å². The number of nitrogens with one attached hydrogen (secondary N) is 2. The lowest BCUT2D eigenvalue weighted by molar-refractivity contribution is -0.149. The van der Waals surface area contributed by atoms with E-state index >= 15 is 0 Å². The van der Waals surface area contributed by atoms with Gasteiger partial charge in [-0.3, -0.25) is 20.1 Å². The van der Waals surface area contributed by atoms with E-state index in [2.05, 4.69) is 15.6 Å². The van der Waals surface area contributed by atoms with Gasteiger partial charge in [0.1, 0.15) is 17.1 Å². The van der Waals surface area contributed by atoms with Crippen molar-refractivity contribution in [1.82, 2.24) is 20.6 Å². The zero-order chi connectivity index (χ0) is 19.8. The first kappa shape index (κ1) is 18.8. The van der Waals surface area contributed by atoms with Gasteiger partial charge in [0.2, 0.25) is 0 Å². The predicted octanol–water partition coefficient (Wildman–Crippen LogP) is 4.22. The molecule has 2 N–H and O–H groups in total. The SMILES string of the molecule is O=C(NN1C(=O)[C@H](Cl)[C@H]1c1ccc(Cl)cc1)c1cc(-c2ccc(Cl)cc2)n[nH]1. The summed E-state index contributed by atoms with van der Waals surface area (Å²) < 4.78 is 0. The third-order valence-corrected chi connectivity index (χ3v) is 5.35. The molecule has 142 valence electrons. The third-order valence-electron chi connectivity index (χ3n) is 4.42. The number of alkyl halides is 1. The van der Waals surface area contributed by atoms with Gasteiger partial charge in [-0.2, -0.15) is 5.10 Å². The number of nitrogens with zero attached hydrogens (tertiary/aromatic N) is 2. The summed E-state index contributed by atoms with van der Waals surface area (Å²) in [7, 11) is 0. The number of benzene rings is 2. The van der Waals surface area contributed by atoms with Crippen LogP contribution in [0.25, 0.3) is 11.3 Å². The van der Waals surface area contributed by atoms with Crippen molar-refractivity contribution in [1.29, 1.82) is 0 Å². The molecule has 3 aromatic rings. The molecule has 2 amide bonds. The fourth-order valence-electron chi connectivity index (χ4n) is 2.93. The Morgan fingerprint density at radius 1 is 1.04 bits per heavy atom. The third kappa shape index (κ3) is 3.46. The highest BCUT2D eigenvalue weighted by Gasteiger charge is 2.48. The van der Waals surface area contributed by atoms with Crippen LogP contribution in [0.1, 0.15) is 22.1 Å². The average Bonchev–Trinajstić information content (AvgIpc) is 3.19. The molecule has 1 saturated heterocycles. The van der Waals surface area contributed by atoms with E-state index in [1.54, 1.807) is 54.6 Å². The van der Waals surface area contributed by atoms with Crippen LogP contribution in [0.2, 0.25) is 10.0 Å². The standard InChI is InChI=1S/C19H13Cl3N4O2/c20-12-5-1-10(2-6-12)14-9-15(24-23-14)18(27)25-26-17(16(22)19(26)28)11-3-7-13(21)8-4-11/h1-9,16-17H,(H,23,24)(H,25,27)/t16-,17-/m1/s1. The van der Waals surface area contributed by atoms with Crippen LogP contribution >= 0.6 is 34.8 Å². The molecule has 0 saturated carbocycles. The minimum Gasteiger partial charge on any atom is -0.272 e. The highest BCUT2D eigenvalue weighted by Crippen LogP contribution is 2.37. The van der Waals surface area contributed by atoms with Crippen LogP contribution in [0.4, 0.5) is 0 Å². The Bertz CT molecular complexity index is 1030. The Morgan fingerprint density at radius 3 is 2.29 bits per heavy atom. The number of rotatable bonds is 4. The number of carbonyl (C=O) groups excluding carboxylic acids is 2. The van der Waals surface area contributed by atoms with E-state index in [4.69, 9.17) is 34.8 Å². The summed E-state index contributed by atoms with van der Waals surface area (Å²) in [5, 5.41) is 8.45. The summed E-state index contributed by atoms with van der Waals surface area (Å²) in [6.07, 6.45) is 0. The smallest absolute Gasteiger partial charge is 0.272 e. The van der Waals surface area contributed by atoms with Crippen molar-refractivity contribution in [2.45, 2.75) is 11.4 Å². The number of aromatic amines is 1. The van der Waals surface area contributed by atoms with Crippen molar-refractivity contribution < 1.29 is 9.59 Å². The van der Waals surface area contributed by atoms with Crippen LogP contribution in [-0.4, -0.2) is 32.4 Å². The van der Waals surface area contributed by atoms with E-state index in [9.17, 15) is 9.59 Å². The van der Waals surface area contributed by atoms with Gasteiger partial charge in [0.15, 0.2) is 0 Å². The Hall–Kier alpha value is -2.54. The van der Waals surface area contributed by atoms with Gasteiger partial charge in [0.05, 0.1) is 5.69 Å². The van der Waals surface area contributed by atoms with E-state index in [0.717, 1.165) is 11.1 Å². The van der Waals surface area contributed by atoms with E-state index in [1.807, 2.05) is 0 Å². The fourth-order valence-corrected chi connectivity index (χ4v) is 3.55. The van der Waals surface area contributed by atoms with Crippen LogP contribution in [0.5, 0.6) is 0 Å². The highest BCUT2D eigenvalue weighted by atomic mass is 35.5. The molecule has 0 unspecified atom stereocenters. The van der Waals surface area contributed by atoms with E-state index in [1.165, 1.54) is 5.01 Å². The summed E-state index contributed by atoms with van der Waals surface area (Å²) >= 11 is 17.9. The Labute approximate surface area is 175 Å². The summed E-state index contributed by atoms with van der Waals surface area (Å²) in [6.45, 7) is 0. The lowest BCUT2D eigenvalue weighted by Gasteiger charge is -2.43. The van der Waals surface area contributed by atoms with Crippen molar-refractivity contribution in [2.24, 2.45) is 0 Å². The van der Waals surface area contributed by atoms with Crippen molar-refractivity contribution in [3.63, 3.8) is 0 Å². The highest BCUT2D eigenvalue weighted by molar-refractivity contribution is 6.34. The minimum atomic E-state index is -0.757. The number of H-pyrrole nitrogens is 1. The number of hydrogen-bond acceptors (Lipinski definition) is 3. The van der Waals surface area contributed by atoms with Gasteiger partial charge in [0, 0.05) is 15.6 Å². The number of carbonyl (C=O) groups is 2. The lowest BCUT2D eigenvalue weighted by atomic mass is 9.95. The topological polar surface area (TPSA) is 78.1 Å². The molecule has 0 aliphatic carbocycles. The average molecular weight is 436 g/mol. The molecule has 2 atom stereocenters. The normalized spacial score (nSPS) is 18.7. The molecule has 28 heavy (non-hydrogen) atoms. The first-order chi connectivity index (χ1) is 13.4. The van der Waals surface area contributed by atoms with Gasteiger partial charge in [0.25, 0.3) is 11.8 Å². The van der Waals surface area contributed by atoms with Crippen LogP contribution in [0.15, 0.2) is 54.6 Å². The molecule has 1 fully saturated rings. The molecule has 2 aromatic carbocycles. The van der Waals surface area contributed by atoms with E-state index < -0.39 is 17.3 Å². The first-order valence-corrected chi connectivity index (χ1v) is 9.48. The first-order valence-electron chi connectivity index (χ1n) is 8.29. The molecule has 1 aliphatic rings. The number of amides is 2. The van der Waals surface area contributed by atoms with Crippen LogP contribution < -0.4 is 5.43 Å². The van der Waals surface area contributed by atoms with Gasteiger partial charge in [-0.1, -0.05) is 47.5 Å². The summed E-state index contributed by atoms with van der Waals surface area (Å²) in [4.78, 5) is 24.7. The Morgan fingerprint density at radius 2 is 1.64 bits per heavy atom. The van der Waals surface area contributed by atoms with Crippen LogP contribution in [-0.2, 0) is 4.79 Å². The van der Waals surface area contributed by atoms with Gasteiger partial charge in [-0.15, -0.1) is 11.6 Å². The summed E-state index contributed by atoms with van der Waals surface area (Å²) in [5.74, 6) is -0.879. The molecule has 9 heteroatoms. The lowest BCUT2D eigenvalue weighted by Crippen LogP contribution is -2.63. The van der Waals surface area contributed by atoms with Gasteiger partial charge in [-0.05, 0) is 35.9 Å². The zero-order valence-electron chi connectivity index (χ0n) is 14.2. The molecule has 6 nitrogen and oxygen atoms in total. The number of hydrazine groups is 1. The number of β-lactam (4-membered cyclic amide) rings is 1. The van der Waals surface area contributed by atoms with Crippen LogP contribution in [0.3, 0.4) is 0 Å². The van der Waals surface area contributed by atoms with Crippen molar-refractivity contribution in [2.75, 3.05) is 0 Å². The maximum absolute atomic E-state index is 12.6. The van der Waals surface area contributed by atoms with Crippen molar-refractivity contribution in [3.05, 3.63) is 75.9 Å². The van der Waals surface area contributed by atoms with Gasteiger partial charge < -0.3 is 0 Å². The van der Waals surface area contributed by atoms with Crippen LogP contribution in [0, 0.1) is 0 Å². The second-order valence-electron chi connectivity index (χ2n) is 6.22. The molecule has 2 heterocycles. The van der Waals surface area contributed by atoms with Crippen molar-refractivity contribution in [3.8, 4) is 11.3 Å². The fraction of sp³-hybridized carbons (Fsp3) is 0.105. The molecule has 1 aromatic heterocycles. The second-order valence-corrected chi connectivity index (χ2v) is 7.56. The monoisotopic (exact) mass is 434 g/mol. The molecule has 0 bridgehead atoms. The van der Waals surface area contributed by atoms with Crippen molar-refractivity contribution >= 4 is 46.6 Å². The molecule has 4 rings (SSSR count). The molecule has 1 aliphatic heterocycles. The molecule has 0 spiro atoms. The Balaban J connectivity index is 1.50. The number of halogens is 3. The molecule has 0 radical (unpaired) electrons.